The Bertz CT molecular complexity index is 1010. The quantitative estimate of drug-likeness (QED) is 0.438. The zero-order chi connectivity index (χ0) is 21.0. The molecule has 1 aliphatic heterocycles. The number of imide groups is 1. The summed E-state index contributed by atoms with van der Waals surface area (Å²) >= 11 is 6.84. The van der Waals surface area contributed by atoms with Crippen LogP contribution in [0.4, 0.5) is 9.18 Å². The van der Waals surface area contributed by atoms with Crippen LogP contribution in [0.25, 0.3) is 6.08 Å². The first-order valence-electron chi connectivity index (χ1n) is 8.54. The Kier molecular flexibility index (Phi) is 6.61. The Morgan fingerprint density at radius 2 is 2.00 bits per heavy atom. The molecular formula is C21H17ClFNO4S. The molecule has 0 bridgehead atoms. The molecule has 3 rings (SSSR count). The van der Waals surface area contributed by atoms with Gasteiger partial charge in [0.25, 0.3) is 11.1 Å². The number of hydrogen-bond donors (Lipinski definition) is 0. The molecule has 0 atom stereocenters. The van der Waals surface area contributed by atoms with Crippen molar-refractivity contribution in [2.75, 3.05) is 13.7 Å². The smallest absolute Gasteiger partial charge is 0.293 e. The van der Waals surface area contributed by atoms with E-state index in [0.29, 0.717) is 29.2 Å². The van der Waals surface area contributed by atoms with Gasteiger partial charge in [-0.1, -0.05) is 36.4 Å². The molecule has 1 fully saturated rings. The normalized spacial score (nSPS) is 15.1. The largest absolute Gasteiger partial charge is 0.493 e. The Hall–Kier alpha value is -2.77. The average Bonchev–Trinajstić information content (AvgIpc) is 2.96. The molecule has 150 valence electrons. The molecule has 5 nitrogen and oxygen atoms in total. The Labute approximate surface area is 176 Å². The lowest BCUT2D eigenvalue weighted by atomic mass is 10.1. The molecule has 2 aromatic carbocycles. The predicted octanol–water partition coefficient (Wildman–Crippen LogP) is 5.29. The maximum atomic E-state index is 13.2. The molecule has 0 spiro atoms. The molecule has 2 aromatic rings. The highest BCUT2D eigenvalue weighted by Gasteiger charge is 2.35. The number of rotatable bonds is 7. The van der Waals surface area contributed by atoms with E-state index in [-0.39, 0.29) is 16.5 Å². The van der Waals surface area contributed by atoms with Crippen LogP contribution in [0.5, 0.6) is 11.5 Å². The van der Waals surface area contributed by atoms with Crippen LogP contribution < -0.4 is 9.47 Å². The number of carbonyl (C=O) groups excluding carboxylic acids is 2. The van der Waals surface area contributed by atoms with Crippen molar-refractivity contribution >= 4 is 40.6 Å². The minimum Gasteiger partial charge on any atom is -0.493 e. The van der Waals surface area contributed by atoms with Crippen LogP contribution in [-0.4, -0.2) is 29.8 Å². The van der Waals surface area contributed by atoms with Crippen molar-refractivity contribution in [1.82, 2.24) is 4.90 Å². The van der Waals surface area contributed by atoms with Gasteiger partial charge in [-0.15, -0.1) is 0 Å². The van der Waals surface area contributed by atoms with Crippen molar-refractivity contribution in [3.63, 3.8) is 0 Å². The molecule has 2 amide bonds. The predicted molar refractivity (Wildman–Crippen MR) is 112 cm³/mol. The second-order valence-electron chi connectivity index (χ2n) is 6.01. The fourth-order valence-corrected chi connectivity index (χ4v) is 3.72. The van der Waals surface area contributed by atoms with Gasteiger partial charge in [0.2, 0.25) is 0 Å². The molecule has 1 heterocycles. The number of hydrogen-bond acceptors (Lipinski definition) is 5. The summed E-state index contributed by atoms with van der Waals surface area (Å²) in [6, 6.07) is 9.02. The summed E-state index contributed by atoms with van der Waals surface area (Å²) in [6.45, 7) is 3.91. The third-order valence-corrected chi connectivity index (χ3v) is 5.32. The molecule has 29 heavy (non-hydrogen) atoms. The van der Waals surface area contributed by atoms with Crippen LogP contribution in [0.2, 0.25) is 5.02 Å². The van der Waals surface area contributed by atoms with E-state index in [2.05, 4.69) is 6.58 Å². The lowest BCUT2D eigenvalue weighted by Crippen LogP contribution is -2.27. The molecular weight excluding hydrogens is 417 g/mol. The van der Waals surface area contributed by atoms with Gasteiger partial charge in [-0.25, -0.2) is 4.39 Å². The van der Waals surface area contributed by atoms with Crippen molar-refractivity contribution in [3.05, 3.63) is 75.9 Å². The summed E-state index contributed by atoms with van der Waals surface area (Å²) in [4.78, 5) is 26.4. The number of nitrogens with zero attached hydrogens (tertiary/aromatic N) is 1. The third kappa shape index (κ3) is 4.81. The summed E-state index contributed by atoms with van der Waals surface area (Å²) < 4.78 is 24.0. The van der Waals surface area contributed by atoms with Crippen molar-refractivity contribution in [2.45, 2.75) is 6.54 Å². The van der Waals surface area contributed by atoms with E-state index in [4.69, 9.17) is 21.1 Å². The average molecular weight is 434 g/mol. The SMILES string of the molecule is C=CCOc1ccc(/C=C2/SC(=O)N(Cc3ccc(F)cc3Cl)C2=O)cc1OC. The monoisotopic (exact) mass is 433 g/mol. The Morgan fingerprint density at radius 1 is 1.21 bits per heavy atom. The van der Waals surface area contributed by atoms with Gasteiger partial charge in [-0.05, 0) is 53.2 Å². The van der Waals surface area contributed by atoms with E-state index in [9.17, 15) is 14.0 Å². The second kappa shape index (κ2) is 9.15. The molecule has 0 unspecified atom stereocenters. The van der Waals surface area contributed by atoms with Crippen molar-refractivity contribution in [3.8, 4) is 11.5 Å². The number of halogens is 2. The maximum absolute atomic E-state index is 13.2. The van der Waals surface area contributed by atoms with Crippen LogP contribution in [0, 0.1) is 5.82 Å². The summed E-state index contributed by atoms with van der Waals surface area (Å²) in [5.41, 5.74) is 1.17. The fourth-order valence-electron chi connectivity index (χ4n) is 2.65. The Morgan fingerprint density at radius 3 is 2.69 bits per heavy atom. The first-order valence-corrected chi connectivity index (χ1v) is 9.73. The van der Waals surface area contributed by atoms with Gasteiger partial charge in [0, 0.05) is 5.02 Å². The lowest BCUT2D eigenvalue weighted by Gasteiger charge is -2.13. The van der Waals surface area contributed by atoms with E-state index in [1.165, 1.54) is 19.2 Å². The van der Waals surface area contributed by atoms with Crippen molar-refractivity contribution in [2.24, 2.45) is 0 Å². The summed E-state index contributed by atoms with van der Waals surface area (Å²) in [5, 5.41) is -0.257. The van der Waals surface area contributed by atoms with E-state index >= 15 is 0 Å². The van der Waals surface area contributed by atoms with Gasteiger partial charge in [-0.2, -0.15) is 0 Å². The number of carbonyl (C=O) groups is 2. The number of thioether (sulfide) groups is 1. The third-order valence-electron chi connectivity index (χ3n) is 4.06. The molecule has 0 saturated carbocycles. The van der Waals surface area contributed by atoms with Gasteiger partial charge >= 0.3 is 0 Å². The highest BCUT2D eigenvalue weighted by molar-refractivity contribution is 8.18. The van der Waals surface area contributed by atoms with Crippen molar-refractivity contribution in [1.29, 1.82) is 0 Å². The standard InChI is InChI=1S/C21H17ClFNO4S/c1-3-8-28-17-7-4-13(9-18(17)27-2)10-19-20(25)24(21(26)29-19)12-14-5-6-15(23)11-16(14)22/h3-7,9-11H,1,8,12H2,2H3/b19-10+. The van der Waals surface area contributed by atoms with Crippen LogP contribution in [-0.2, 0) is 11.3 Å². The molecule has 0 aliphatic carbocycles. The highest BCUT2D eigenvalue weighted by Crippen LogP contribution is 2.36. The van der Waals surface area contributed by atoms with E-state index < -0.39 is 17.0 Å². The van der Waals surface area contributed by atoms with Crippen LogP contribution in [0.3, 0.4) is 0 Å². The zero-order valence-electron chi connectivity index (χ0n) is 15.5. The summed E-state index contributed by atoms with van der Waals surface area (Å²) in [6.07, 6.45) is 3.23. The number of methoxy groups -OCH3 is 1. The minimum atomic E-state index is -0.484. The first kappa shape index (κ1) is 21.0. The van der Waals surface area contributed by atoms with Gasteiger partial charge in [0.05, 0.1) is 18.6 Å². The van der Waals surface area contributed by atoms with E-state index in [1.807, 2.05) is 0 Å². The maximum Gasteiger partial charge on any atom is 0.293 e. The molecule has 0 aromatic heterocycles. The Balaban J connectivity index is 1.81. The van der Waals surface area contributed by atoms with E-state index in [1.54, 1.807) is 30.4 Å². The molecule has 8 heteroatoms. The number of ether oxygens (including phenoxy) is 2. The number of benzene rings is 2. The first-order chi connectivity index (χ1) is 13.9. The second-order valence-corrected chi connectivity index (χ2v) is 7.41. The summed E-state index contributed by atoms with van der Waals surface area (Å²) in [5.74, 6) is 0.120. The molecule has 1 saturated heterocycles. The van der Waals surface area contributed by atoms with Gasteiger partial charge < -0.3 is 9.47 Å². The lowest BCUT2D eigenvalue weighted by molar-refractivity contribution is -0.123. The van der Waals surface area contributed by atoms with Gasteiger partial charge in [-0.3, -0.25) is 14.5 Å². The molecule has 1 aliphatic rings. The van der Waals surface area contributed by atoms with Crippen LogP contribution in [0.15, 0.2) is 54.0 Å². The van der Waals surface area contributed by atoms with Crippen LogP contribution in [0.1, 0.15) is 11.1 Å². The molecule has 0 radical (unpaired) electrons. The fraction of sp³-hybridized carbons (Fsp3) is 0.143. The van der Waals surface area contributed by atoms with Gasteiger partial charge in [0.1, 0.15) is 12.4 Å². The van der Waals surface area contributed by atoms with E-state index in [0.717, 1.165) is 22.7 Å². The van der Waals surface area contributed by atoms with Crippen molar-refractivity contribution < 1.29 is 23.5 Å². The molecule has 0 N–H and O–H groups in total. The highest BCUT2D eigenvalue weighted by atomic mass is 35.5. The number of amides is 2. The topological polar surface area (TPSA) is 55.8 Å². The zero-order valence-corrected chi connectivity index (χ0v) is 17.1. The van der Waals surface area contributed by atoms with Crippen LogP contribution >= 0.6 is 23.4 Å². The van der Waals surface area contributed by atoms with Gasteiger partial charge in [0.15, 0.2) is 11.5 Å². The minimum absolute atomic E-state index is 0.0290. The summed E-state index contributed by atoms with van der Waals surface area (Å²) in [7, 11) is 1.51.